The molecule has 1 unspecified atom stereocenters. The lowest BCUT2D eigenvalue weighted by molar-refractivity contribution is 0.196. The number of halogens is 1. The molecule has 0 aliphatic carbocycles. The van der Waals surface area contributed by atoms with Crippen molar-refractivity contribution in [1.29, 1.82) is 0 Å². The number of aromatic nitrogens is 2. The predicted molar refractivity (Wildman–Crippen MR) is 69.5 cm³/mol. The maximum atomic E-state index is 11.8. The number of nitrogens with two attached hydrogens (primary N) is 1. The normalized spacial score (nSPS) is 19.8. The molecule has 2 N–H and O–H groups in total. The van der Waals surface area contributed by atoms with Crippen LogP contribution in [-0.4, -0.2) is 32.9 Å². The van der Waals surface area contributed by atoms with Gasteiger partial charge in [-0.05, 0) is 5.92 Å². The second-order valence-corrected chi connectivity index (χ2v) is 5.15. The minimum absolute atomic E-state index is 0.269. The van der Waals surface area contributed by atoms with Crippen molar-refractivity contribution in [1.82, 2.24) is 14.5 Å². The molecule has 18 heavy (non-hydrogen) atoms. The van der Waals surface area contributed by atoms with Gasteiger partial charge in [-0.15, -0.1) is 0 Å². The predicted octanol–water partition coefficient (Wildman–Crippen LogP) is 1.56. The lowest BCUT2D eigenvalue weighted by atomic mass is 10.1. The molecular formula is C11H16ClN5O. The van der Waals surface area contributed by atoms with E-state index in [0.29, 0.717) is 23.4 Å². The van der Waals surface area contributed by atoms with Crippen LogP contribution in [0, 0.1) is 5.92 Å². The van der Waals surface area contributed by atoms with Crippen LogP contribution >= 0.6 is 11.6 Å². The van der Waals surface area contributed by atoms with Gasteiger partial charge in [-0.1, -0.05) is 25.4 Å². The van der Waals surface area contributed by atoms with Crippen LogP contribution in [0.15, 0.2) is 11.2 Å². The third kappa shape index (κ3) is 2.08. The summed E-state index contributed by atoms with van der Waals surface area (Å²) in [5.74, 6) is 1.23. The van der Waals surface area contributed by atoms with E-state index in [1.54, 1.807) is 22.7 Å². The van der Waals surface area contributed by atoms with Crippen LogP contribution in [0.2, 0.25) is 5.15 Å². The fourth-order valence-electron chi connectivity index (χ4n) is 2.01. The van der Waals surface area contributed by atoms with E-state index in [1.165, 1.54) is 0 Å². The Morgan fingerprint density at radius 2 is 2.22 bits per heavy atom. The molecule has 0 aromatic carbocycles. The summed E-state index contributed by atoms with van der Waals surface area (Å²) in [7, 11) is 1.79. The summed E-state index contributed by atoms with van der Waals surface area (Å²) in [4.78, 5) is 21.5. The summed E-state index contributed by atoms with van der Waals surface area (Å²) in [6, 6.07) is -0.734. The minimum Gasteiger partial charge on any atom is -0.385 e. The van der Waals surface area contributed by atoms with Gasteiger partial charge in [-0.2, -0.15) is 4.99 Å². The van der Waals surface area contributed by atoms with Gasteiger partial charge in [0, 0.05) is 13.6 Å². The zero-order chi connectivity index (χ0) is 13.4. The monoisotopic (exact) mass is 269 g/mol. The highest BCUT2D eigenvalue weighted by Crippen LogP contribution is 2.28. The molecule has 0 fully saturated rings. The minimum atomic E-state index is -0.419. The number of amidine groups is 1. The first-order valence-corrected chi connectivity index (χ1v) is 6.11. The maximum Gasteiger partial charge on any atom is 0.346 e. The van der Waals surface area contributed by atoms with Crippen LogP contribution in [0.1, 0.15) is 25.7 Å². The molecule has 0 bridgehead atoms. The van der Waals surface area contributed by atoms with Crippen LogP contribution in [0.3, 0.4) is 0 Å². The summed E-state index contributed by atoms with van der Waals surface area (Å²) >= 11 is 5.96. The Balaban J connectivity index is 2.37. The Labute approximate surface area is 110 Å². The second kappa shape index (κ2) is 4.61. The van der Waals surface area contributed by atoms with Crippen molar-refractivity contribution in [2.45, 2.75) is 19.9 Å². The number of hydrogen-bond acceptors (Lipinski definition) is 3. The summed E-state index contributed by atoms with van der Waals surface area (Å²) < 4.78 is 1.71. The van der Waals surface area contributed by atoms with Gasteiger partial charge in [0.1, 0.15) is 22.9 Å². The average molecular weight is 270 g/mol. The molecule has 7 heteroatoms. The fourth-order valence-corrected chi connectivity index (χ4v) is 2.15. The Morgan fingerprint density at radius 1 is 1.56 bits per heavy atom. The molecule has 2 amide bonds. The molecule has 0 saturated heterocycles. The number of carbonyl (C=O) groups is 1. The molecule has 2 heterocycles. The van der Waals surface area contributed by atoms with Crippen LogP contribution in [-0.2, 0) is 7.05 Å². The van der Waals surface area contributed by atoms with Crippen LogP contribution in [0.4, 0.5) is 4.79 Å². The Hall–Kier alpha value is -1.56. The summed E-state index contributed by atoms with van der Waals surface area (Å²) in [6.45, 7) is 4.65. The topological polar surface area (TPSA) is 76.5 Å². The number of urea groups is 1. The molecule has 2 rings (SSSR count). The largest absolute Gasteiger partial charge is 0.385 e. The van der Waals surface area contributed by atoms with Gasteiger partial charge >= 0.3 is 6.03 Å². The lowest BCUT2D eigenvalue weighted by Gasteiger charge is -2.25. The third-order valence-corrected chi connectivity index (χ3v) is 3.19. The van der Waals surface area contributed by atoms with E-state index in [4.69, 9.17) is 17.3 Å². The maximum absolute atomic E-state index is 11.8. The number of rotatable bonds is 3. The van der Waals surface area contributed by atoms with Gasteiger partial charge in [-0.3, -0.25) is 0 Å². The number of amides is 2. The SMILES string of the molecule is CC(C)CN1C(=O)N=C(N)C1c1ncc(Cl)n1C. The smallest absolute Gasteiger partial charge is 0.346 e. The number of imidazole rings is 1. The summed E-state index contributed by atoms with van der Waals surface area (Å²) in [6.07, 6.45) is 1.54. The zero-order valence-corrected chi connectivity index (χ0v) is 11.3. The number of carbonyl (C=O) groups excluding carboxylic acids is 1. The van der Waals surface area contributed by atoms with Crippen molar-refractivity contribution >= 4 is 23.5 Å². The van der Waals surface area contributed by atoms with E-state index in [-0.39, 0.29) is 11.9 Å². The molecule has 1 aromatic rings. The fraction of sp³-hybridized carbons (Fsp3) is 0.545. The Kier molecular flexibility index (Phi) is 3.30. The molecule has 0 spiro atoms. The number of nitrogens with zero attached hydrogens (tertiary/aromatic N) is 4. The van der Waals surface area contributed by atoms with Crippen molar-refractivity contribution in [3.05, 3.63) is 17.2 Å². The molecule has 98 valence electrons. The first-order valence-electron chi connectivity index (χ1n) is 5.73. The van der Waals surface area contributed by atoms with Gasteiger partial charge in [0.25, 0.3) is 0 Å². The molecule has 1 atom stereocenters. The molecule has 0 saturated carbocycles. The van der Waals surface area contributed by atoms with E-state index < -0.39 is 6.04 Å². The van der Waals surface area contributed by atoms with Gasteiger partial charge in [0.2, 0.25) is 0 Å². The Bertz CT molecular complexity index is 508. The van der Waals surface area contributed by atoms with Crippen LogP contribution in [0.25, 0.3) is 0 Å². The highest BCUT2D eigenvalue weighted by molar-refractivity contribution is 6.29. The van der Waals surface area contributed by atoms with Gasteiger partial charge in [-0.25, -0.2) is 9.78 Å². The number of aliphatic imine (C=N–C) groups is 1. The number of hydrogen-bond donors (Lipinski definition) is 1. The van der Waals surface area contributed by atoms with E-state index in [2.05, 4.69) is 9.98 Å². The van der Waals surface area contributed by atoms with Gasteiger partial charge in [0.15, 0.2) is 0 Å². The summed E-state index contributed by atoms with van der Waals surface area (Å²) in [5.41, 5.74) is 5.84. The quantitative estimate of drug-likeness (QED) is 0.905. The Morgan fingerprint density at radius 3 is 2.72 bits per heavy atom. The molecule has 1 aliphatic heterocycles. The van der Waals surface area contributed by atoms with Crippen LogP contribution in [0.5, 0.6) is 0 Å². The van der Waals surface area contributed by atoms with Crippen molar-refractivity contribution in [3.63, 3.8) is 0 Å². The first-order chi connectivity index (χ1) is 8.41. The third-order valence-electron chi connectivity index (χ3n) is 2.84. The summed E-state index contributed by atoms with van der Waals surface area (Å²) in [5, 5.41) is 0.502. The van der Waals surface area contributed by atoms with E-state index in [1.807, 2.05) is 13.8 Å². The molecule has 1 aliphatic rings. The second-order valence-electron chi connectivity index (χ2n) is 4.77. The highest BCUT2D eigenvalue weighted by Gasteiger charge is 2.37. The average Bonchev–Trinajstić information content (AvgIpc) is 2.71. The van der Waals surface area contributed by atoms with Gasteiger partial charge in [0.05, 0.1) is 6.20 Å². The molecule has 0 radical (unpaired) electrons. The standard InChI is InChI=1S/C11H16ClN5O/c1-6(2)5-17-8(9(13)15-11(17)18)10-14-4-7(12)16(10)3/h4,6,8H,5H2,1-3H3,(H2,13,15,18). The van der Waals surface area contributed by atoms with E-state index in [9.17, 15) is 4.79 Å². The van der Waals surface area contributed by atoms with Crippen molar-refractivity contribution in [2.75, 3.05) is 6.54 Å². The molecular weight excluding hydrogens is 254 g/mol. The highest BCUT2D eigenvalue weighted by atomic mass is 35.5. The van der Waals surface area contributed by atoms with E-state index in [0.717, 1.165) is 0 Å². The van der Waals surface area contributed by atoms with Crippen LogP contribution < -0.4 is 5.73 Å². The van der Waals surface area contributed by atoms with Crippen molar-refractivity contribution < 1.29 is 4.79 Å². The zero-order valence-electron chi connectivity index (χ0n) is 10.6. The van der Waals surface area contributed by atoms with Crippen molar-refractivity contribution in [3.8, 4) is 0 Å². The van der Waals surface area contributed by atoms with E-state index >= 15 is 0 Å². The molecule has 6 nitrogen and oxygen atoms in total. The molecule has 1 aromatic heterocycles. The van der Waals surface area contributed by atoms with Crippen molar-refractivity contribution in [2.24, 2.45) is 23.7 Å². The lowest BCUT2D eigenvalue weighted by Crippen LogP contribution is -2.37. The van der Waals surface area contributed by atoms with Gasteiger partial charge < -0.3 is 15.2 Å². The first kappa shape index (κ1) is 12.9.